The summed E-state index contributed by atoms with van der Waals surface area (Å²) in [7, 11) is 1.81. The molecule has 0 amide bonds. The maximum absolute atomic E-state index is 5.81. The van der Waals surface area contributed by atoms with Crippen molar-refractivity contribution in [3.05, 3.63) is 11.6 Å². The molecule has 1 saturated carbocycles. The average molecular weight is 268 g/mol. The average Bonchev–Trinajstić information content (AvgIpc) is 2.87. The molecule has 0 aromatic rings. The van der Waals surface area contributed by atoms with Crippen molar-refractivity contribution in [1.82, 2.24) is 0 Å². The van der Waals surface area contributed by atoms with Gasteiger partial charge in [-0.1, -0.05) is 18.6 Å². The second kappa shape index (κ2) is 7.41. The molecule has 2 rings (SSSR count). The van der Waals surface area contributed by atoms with Gasteiger partial charge >= 0.3 is 0 Å². The van der Waals surface area contributed by atoms with E-state index in [4.69, 9.17) is 14.2 Å². The Morgan fingerprint density at radius 3 is 2.84 bits per heavy atom. The summed E-state index contributed by atoms with van der Waals surface area (Å²) in [6, 6.07) is 0. The van der Waals surface area contributed by atoms with E-state index < -0.39 is 0 Å². The van der Waals surface area contributed by atoms with Crippen LogP contribution >= 0.6 is 0 Å². The van der Waals surface area contributed by atoms with Crippen LogP contribution in [0.15, 0.2) is 11.6 Å². The quantitative estimate of drug-likeness (QED) is 0.541. The minimum absolute atomic E-state index is 0.261. The normalized spacial score (nSPS) is 26.1. The molecular formula is C16H28O3. The molecule has 3 nitrogen and oxygen atoms in total. The van der Waals surface area contributed by atoms with E-state index in [-0.39, 0.29) is 5.79 Å². The first kappa shape index (κ1) is 15.0. The molecule has 1 aliphatic heterocycles. The van der Waals surface area contributed by atoms with Crippen LogP contribution in [0.5, 0.6) is 0 Å². The Labute approximate surface area is 117 Å². The van der Waals surface area contributed by atoms with E-state index in [1.54, 1.807) is 0 Å². The molecular weight excluding hydrogens is 240 g/mol. The van der Waals surface area contributed by atoms with Crippen molar-refractivity contribution in [2.45, 2.75) is 70.2 Å². The first-order chi connectivity index (χ1) is 9.28. The molecule has 1 heterocycles. The van der Waals surface area contributed by atoms with Crippen LogP contribution in [0.25, 0.3) is 0 Å². The van der Waals surface area contributed by atoms with E-state index >= 15 is 0 Å². The van der Waals surface area contributed by atoms with Crippen LogP contribution in [0, 0.1) is 0 Å². The predicted molar refractivity (Wildman–Crippen MR) is 76.1 cm³/mol. The Kier molecular flexibility index (Phi) is 5.86. The first-order valence-electron chi connectivity index (χ1n) is 7.76. The van der Waals surface area contributed by atoms with Crippen LogP contribution in [0.2, 0.25) is 0 Å². The van der Waals surface area contributed by atoms with Gasteiger partial charge in [0, 0.05) is 20.0 Å². The molecule has 1 saturated heterocycles. The lowest BCUT2D eigenvalue weighted by Gasteiger charge is -2.32. The fraction of sp³-hybridized carbons (Fsp3) is 0.875. The monoisotopic (exact) mass is 268 g/mol. The Morgan fingerprint density at radius 2 is 2.16 bits per heavy atom. The van der Waals surface area contributed by atoms with Crippen molar-refractivity contribution in [2.75, 3.05) is 20.3 Å². The molecule has 19 heavy (non-hydrogen) atoms. The van der Waals surface area contributed by atoms with Crippen molar-refractivity contribution in [2.24, 2.45) is 0 Å². The fourth-order valence-electron chi connectivity index (χ4n) is 3.17. The Hall–Kier alpha value is -0.380. The Morgan fingerprint density at radius 1 is 1.37 bits per heavy atom. The highest BCUT2D eigenvalue weighted by molar-refractivity contribution is 5.09. The molecule has 2 fully saturated rings. The largest absolute Gasteiger partial charge is 0.381 e. The zero-order valence-electron chi connectivity index (χ0n) is 12.5. The Balaban J connectivity index is 1.73. The topological polar surface area (TPSA) is 27.7 Å². The molecule has 0 radical (unpaired) electrons. The summed E-state index contributed by atoms with van der Waals surface area (Å²) >= 11 is 0. The molecule has 3 heteroatoms. The summed E-state index contributed by atoms with van der Waals surface area (Å²) < 4.78 is 17.0. The van der Waals surface area contributed by atoms with Gasteiger partial charge in [0.25, 0.3) is 0 Å². The van der Waals surface area contributed by atoms with Crippen molar-refractivity contribution < 1.29 is 14.2 Å². The SMILES string of the molecule is CCC(CCCC=C1CCCC2(C1)OCCO2)OC. The van der Waals surface area contributed by atoms with Gasteiger partial charge in [-0.3, -0.25) is 0 Å². The van der Waals surface area contributed by atoms with Crippen LogP contribution in [0.1, 0.15) is 58.3 Å². The lowest BCUT2D eigenvalue weighted by molar-refractivity contribution is -0.167. The van der Waals surface area contributed by atoms with Gasteiger partial charge < -0.3 is 14.2 Å². The van der Waals surface area contributed by atoms with Crippen molar-refractivity contribution in [3.63, 3.8) is 0 Å². The number of hydrogen-bond acceptors (Lipinski definition) is 3. The zero-order valence-corrected chi connectivity index (χ0v) is 12.5. The number of unbranched alkanes of at least 4 members (excludes halogenated alkanes) is 1. The van der Waals surface area contributed by atoms with Gasteiger partial charge in [0.05, 0.1) is 19.3 Å². The van der Waals surface area contributed by atoms with Gasteiger partial charge in [0.2, 0.25) is 0 Å². The third-order valence-electron chi connectivity index (χ3n) is 4.32. The van der Waals surface area contributed by atoms with Crippen LogP contribution in [0.3, 0.4) is 0 Å². The maximum atomic E-state index is 5.81. The summed E-state index contributed by atoms with van der Waals surface area (Å²) in [5, 5.41) is 0. The molecule has 0 aromatic heterocycles. The summed E-state index contributed by atoms with van der Waals surface area (Å²) in [6.45, 7) is 3.71. The Bertz CT molecular complexity index is 288. The molecule has 0 bridgehead atoms. The highest BCUT2D eigenvalue weighted by Crippen LogP contribution is 2.38. The van der Waals surface area contributed by atoms with Crippen molar-refractivity contribution in [1.29, 1.82) is 0 Å². The van der Waals surface area contributed by atoms with E-state index in [9.17, 15) is 0 Å². The zero-order chi connectivity index (χ0) is 13.6. The fourth-order valence-corrected chi connectivity index (χ4v) is 3.17. The molecule has 0 N–H and O–H groups in total. The maximum Gasteiger partial charge on any atom is 0.172 e. The lowest BCUT2D eigenvalue weighted by Crippen LogP contribution is -2.33. The molecule has 1 atom stereocenters. The molecule has 1 aliphatic carbocycles. The van der Waals surface area contributed by atoms with Gasteiger partial charge in [0.1, 0.15) is 0 Å². The second-order valence-electron chi connectivity index (χ2n) is 5.70. The third kappa shape index (κ3) is 4.30. The first-order valence-corrected chi connectivity index (χ1v) is 7.76. The number of allylic oxidation sites excluding steroid dienone is 1. The number of rotatable bonds is 6. The molecule has 1 unspecified atom stereocenters. The van der Waals surface area contributed by atoms with Crippen LogP contribution in [-0.2, 0) is 14.2 Å². The summed E-state index contributed by atoms with van der Waals surface area (Å²) in [5.41, 5.74) is 1.53. The van der Waals surface area contributed by atoms with Gasteiger partial charge in [-0.2, -0.15) is 0 Å². The van der Waals surface area contributed by atoms with Crippen molar-refractivity contribution >= 4 is 0 Å². The standard InChI is InChI=1S/C16H28O3/c1-3-15(17-2)9-5-4-7-14-8-6-10-16(13-14)18-11-12-19-16/h7,15H,3-6,8-13H2,1-2H3. The summed E-state index contributed by atoms with van der Waals surface area (Å²) in [4.78, 5) is 0. The van der Waals surface area contributed by atoms with Gasteiger partial charge in [-0.05, 0) is 38.5 Å². The summed E-state index contributed by atoms with van der Waals surface area (Å²) in [5.74, 6) is -0.261. The predicted octanol–water partition coefficient (Wildman–Crippen LogP) is 3.83. The highest BCUT2D eigenvalue weighted by atomic mass is 16.7. The van der Waals surface area contributed by atoms with Gasteiger partial charge in [0.15, 0.2) is 5.79 Å². The molecule has 0 aromatic carbocycles. The highest BCUT2D eigenvalue weighted by Gasteiger charge is 2.39. The number of methoxy groups -OCH3 is 1. The van der Waals surface area contributed by atoms with Gasteiger partial charge in [-0.25, -0.2) is 0 Å². The molecule has 2 aliphatic rings. The minimum atomic E-state index is -0.261. The van der Waals surface area contributed by atoms with E-state index in [0.29, 0.717) is 6.10 Å². The number of hydrogen-bond donors (Lipinski definition) is 0. The molecule has 110 valence electrons. The van der Waals surface area contributed by atoms with E-state index in [2.05, 4.69) is 13.0 Å². The summed E-state index contributed by atoms with van der Waals surface area (Å²) in [6.07, 6.45) is 11.9. The van der Waals surface area contributed by atoms with E-state index in [0.717, 1.165) is 45.3 Å². The minimum Gasteiger partial charge on any atom is -0.381 e. The third-order valence-corrected chi connectivity index (χ3v) is 4.32. The lowest BCUT2D eigenvalue weighted by atomic mass is 9.88. The number of ether oxygens (including phenoxy) is 3. The molecule has 1 spiro atoms. The smallest absolute Gasteiger partial charge is 0.172 e. The van der Waals surface area contributed by atoms with Gasteiger partial charge in [-0.15, -0.1) is 0 Å². The van der Waals surface area contributed by atoms with Crippen molar-refractivity contribution in [3.8, 4) is 0 Å². The van der Waals surface area contributed by atoms with Crippen LogP contribution in [-0.4, -0.2) is 32.2 Å². The van der Waals surface area contributed by atoms with E-state index in [1.807, 2.05) is 7.11 Å². The van der Waals surface area contributed by atoms with Crippen LogP contribution in [0.4, 0.5) is 0 Å². The van der Waals surface area contributed by atoms with Crippen LogP contribution < -0.4 is 0 Å². The second-order valence-corrected chi connectivity index (χ2v) is 5.70. The van der Waals surface area contributed by atoms with E-state index in [1.165, 1.54) is 24.8 Å².